The van der Waals surface area contributed by atoms with Crippen LogP contribution in [-0.4, -0.2) is 36.4 Å². The predicted octanol–water partition coefficient (Wildman–Crippen LogP) is 2.17. The Morgan fingerprint density at radius 1 is 1.58 bits per heavy atom. The molecule has 72 valence electrons. The fourth-order valence-corrected chi connectivity index (χ4v) is 1.57. The quantitative estimate of drug-likeness (QED) is 0.638. The van der Waals surface area contributed by atoms with E-state index < -0.39 is 11.8 Å². The van der Waals surface area contributed by atoms with Crippen LogP contribution in [0.15, 0.2) is 0 Å². The highest BCUT2D eigenvalue weighted by atomic mass is 19.1. The van der Waals surface area contributed by atoms with Crippen LogP contribution in [0.1, 0.15) is 26.7 Å². The Hall–Kier alpha value is -0.180. The molecule has 1 aliphatic rings. The number of rotatable bonds is 3. The normalized spacial score (nSPS) is 34.0. The van der Waals surface area contributed by atoms with E-state index in [9.17, 15) is 8.78 Å². The van der Waals surface area contributed by atoms with Crippen molar-refractivity contribution in [2.24, 2.45) is 0 Å². The third-order valence-corrected chi connectivity index (χ3v) is 2.35. The first kappa shape index (κ1) is 9.90. The van der Waals surface area contributed by atoms with Gasteiger partial charge in [-0.2, -0.15) is 0 Å². The second-order valence-corrected chi connectivity index (χ2v) is 4.01. The Kier molecular flexibility index (Phi) is 3.04. The molecule has 0 aromatic rings. The summed E-state index contributed by atoms with van der Waals surface area (Å²) in [5.41, 5.74) is -1.04. The van der Waals surface area contributed by atoms with E-state index in [1.54, 1.807) is 13.8 Å². The van der Waals surface area contributed by atoms with Crippen molar-refractivity contribution >= 4 is 0 Å². The molecule has 0 aromatic carbocycles. The van der Waals surface area contributed by atoms with Gasteiger partial charge >= 0.3 is 0 Å². The van der Waals surface area contributed by atoms with Gasteiger partial charge < -0.3 is 0 Å². The molecule has 1 rings (SSSR count). The summed E-state index contributed by atoms with van der Waals surface area (Å²) in [6, 6.07) is 0. The van der Waals surface area contributed by atoms with E-state index in [0.29, 0.717) is 25.9 Å². The lowest BCUT2D eigenvalue weighted by atomic mass is 10.1. The van der Waals surface area contributed by atoms with E-state index in [-0.39, 0.29) is 0 Å². The van der Waals surface area contributed by atoms with Crippen molar-refractivity contribution in [3.8, 4) is 0 Å². The number of nitrogens with zero attached hydrogens (tertiary/aromatic N) is 1. The van der Waals surface area contributed by atoms with Crippen LogP contribution in [0.25, 0.3) is 0 Å². The molecule has 1 heterocycles. The summed E-state index contributed by atoms with van der Waals surface area (Å²) in [4.78, 5) is 2.00. The van der Waals surface area contributed by atoms with Crippen molar-refractivity contribution in [3.63, 3.8) is 0 Å². The average molecular weight is 177 g/mol. The van der Waals surface area contributed by atoms with Crippen molar-refractivity contribution in [1.29, 1.82) is 0 Å². The number of hydrogen-bond acceptors (Lipinski definition) is 1. The van der Waals surface area contributed by atoms with Gasteiger partial charge in [-0.25, -0.2) is 8.78 Å². The van der Waals surface area contributed by atoms with Crippen LogP contribution in [0.3, 0.4) is 0 Å². The standard InChI is InChI=1S/C9H17F2N/c1-8(10)3-5-12-6-4-9(2,11)7-12/h8H,3-7H2,1-2H3. The van der Waals surface area contributed by atoms with Crippen LogP contribution >= 0.6 is 0 Å². The van der Waals surface area contributed by atoms with E-state index in [2.05, 4.69) is 0 Å². The Morgan fingerprint density at radius 3 is 2.67 bits per heavy atom. The third kappa shape index (κ3) is 3.05. The first-order valence-corrected chi connectivity index (χ1v) is 4.55. The highest BCUT2D eigenvalue weighted by Crippen LogP contribution is 2.24. The van der Waals surface area contributed by atoms with Crippen LogP contribution < -0.4 is 0 Å². The monoisotopic (exact) mass is 177 g/mol. The van der Waals surface area contributed by atoms with Crippen molar-refractivity contribution in [1.82, 2.24) is 4.90 Å². The molecule has 12 heavy (non-hydrogen) atoms. The zero-order valence-corrected chi connectivity index (χ0v) is 7.82. The van der Waals surface area contributed by atoms with E-state index in [4.69, 9.17) is 0 Å². The molecule has 0 N–H and O–H groups in total. The molecule has 1 nitrogen and oxygen atoms in total. The van der Waals surface area contributed by atoms with Crippen LogP contribution in [0.4, 0.5) is 8.78 Å². The number of alkyl halides is 2. The van der Waals surface area contributed by atoms with E-state index in [1.165, 1.54) is 0 Å². The molecular formula is C9H17F2N. The molecule has 3 heteroatoms. The summed E-state index contributed by atoms with van der Waals surface area (Å²) < 4.78 is 25.7. The Labute approximate surface area is 72.7 Å². The third-order valence-electron chi connectivity index (χ3n) is 2.35. The molecule has 1 fully saturated rings. The molecule has 0 bridgehead atoms. The van der Waals surface area contributed by atoms with Crippen molar-refractivity contribution in [3.05, 3.63) is 0 Å². The first-order chi connectivity index (χ1) is 5.49. The lowest BCUT2D eigenvalue weighted by molar-refractivity contribution is 0.182. The minimum Gasteiger partial charge on any atom is -0.300 e. The van der Waals surface area contributed by atoms with Gasteiger partial charge in [0.25, 0.3) is 0 Å². The van der Waals surface area contributed by atoms with E-state index >= 15 is 0 Å². The van der Waals surface area contributed by atoms with Gasteiger partial charge in [-0.1, -0.05) is 0 Å². The molecule has 0 aromatic heterocycles. The summed E-state index contributed by atoms with van der Waals surface area (Å²) in [6.45, 7) is 5.10. The highest BCUT2D eigenvalue weighted by molar-refractivity contribution is 4.86. The predicted molar refractivity (Wildman–Crippen MR) is 45.8 cm³/mol. The maximum atomic E-state index is 13.3. The lowest BCUT2D eigenvalue weighted by Gasteiger charge is -2.17. The molecule has 2 unspecified atom stereocenters. The van der Waals surface area contributed by atoms with Gasteiger partial charge in [0.05, 0.1) is 6.17 Å². The van der Waals surface area contributed by atoms with Gasteiger partial charge in [0.1, 0.15) is 5.67 Å². The molecule has 0 spiro atoms. The van der Waals surface area contributed by atoms with Gasteiger partial charge in [-0.3, -0.25) is 4.90 Å². The molecule has 1 saturated heterocycles. The van der Waals surface area contributed by atoms with Gasteiger partial charge in [0.15, 0.2) is 0 Å². The Balaban J connectivity index is 2.20. The molecule has 2 atom stereocenters. The topological polar surface area (TPSA) is 3.24 Å². The number of likely N-dealkylation sites (tertiary alicyclic amines) is 1. The minimum absolute atomic E-state index is 0.472. The van der Waals surface area contributed by atoms with Crippen LogP contribution in [0.5, 0.6) is 0 Å². The van der Waals surface area contributed by atoms with Crippen LogP contribution in [0, 0.1) is 0 Å². The maximum absolute atomic E-state index is 13.3. The zero-order valence-electron chi connectivity index (χ0n) is 7.82. The van der Waals surface area contributed by atoms with Crippen molar-refractivity contribution < 1.29 is 8.78 Å². The average Bonchev–Trinajstić information content (AvgIpc) is 2.26. The molecule has 1 aliphatic heterocycles. The van der Waals surface area contributed by atoms with Gasteiger partial charge in [-0.15, -0.1) is 0 Å². The van der Waals surface area contributed by atoms with Crippen molar-refractivity contribution in [2.45, 2.75) is 38.5 Å². The molecule has 0 amide bonds. The molecule has 0 aliphatic carbocycles. The lowest BCUT2D eigenvalue weighted by Crippen LogP contribution is -2.27. The summed E-state index contributed by atoms with van der Waals surface area (Å²) >= 11 is 0. The van der Waals surface area contributed by atoms with Crippen molar-refractivity contribution in [2.75, 3.05) is 19.6 Å². The fraction of sp³-hybridized carbons (Fsp3) is 1.00. The summed E-state index contributed by atoms with van der Waals surface area (Å²) in [5.74, 6) is 0. The maximum Gasteiger partial charge on any atom is 0.122 e. The minimum atomic E-state index is -1.04. The number of halogens is 2. The summed E-state index contributed by atoms with van der Waals surface area (Å²) in [5, 5.41) is 0. The second kappa shape index (κ2) is 3.69. The van der Waals surface area contributed by atoms with Gasteiger partial charge in [0, 0.05) is 19.6 Å². The Morgan fingerprint density at radius 2 is 2.25 bits per heavy atom. The van der Waals surface area contributed by atoms with Crippen LogP contribution in [-0.2, 0) is 0 Å². The first-order valence-electron chi connectivity index (χ1n) is 4.55. The smallest absolute Gasteiger partial charge is 0.122 e. The molecular weight excluding hydrogens is 160 g/mol. The largest absolute Gasteiger partial charge is 0.300 e. The number of hydrogen-bond donors (Lipinski definition) is 0. The van der Waals surface area contributed by atoms with Gasteiger partial charge in [0.2, 0.25) is 0 Å². The molecule has 0 saturated carbocycles. The zero-order chi connectivity index (χ0) is 9.19. The van der Waals surface area contributed by atoms with E-state index in [0.717, 1.165) is 6.54 Å². The Bertz CT molecular complexity index is 145. The summed E-state index contributed by atoms with van der Waals surface area (Å²) in [6.07, 6.45) is 0.348. The van der Waals surface area contributed by atoms with Gasteiger partial charge in [-0.05, 0) is 26.7 Å². The highest BCUT2D eigenvalue weighted by Gasteiger charge is 2.32. The second-order valence-electron chi connectivity index (χ2n) is 4.01. The van der Waals surface area contributed by atoms with Crippen LogP contribution in [0.2, 0.25) is 0 Å². The molecule has 0 radical (unpaired) electrons. The SMILES string of the molecule is CC(F)CCN1CCC(C)(F)C1. The summed E-state index contributed by atoms with van der Waals surface area (Å²) in [7, 11) is 0. The fourth-order valence-electron chi connectivity index (χ4n) is 1.57. The van der Waals surface area contributed by atoms with E-state index in [1.807, 2.05) is 4.90 Å².